The van der Waals surface area contributed by atoms with E-state index in [1.54, 1.807) is 0 Å². The van der Waals surface area contributed by atoms with Gasteiger partial charge >= 0.3 is 25.7 Å². The molecule has 14 heteroatoms. The fourth-order valence-corrected chi connectivity index (χ4v) is 5.27. The Hall–Kier alpha value is -2.05. The van der Waals surface area contributed by atoms with E-state index in [-0.39, 0.29) is 0 Å². The van der Waals surface area contributed by atoms with Crippen LogP contribution in [-0.4, -0.2) is 75.2 Å². The second-order valence-corrected chi connectivity index (χ2v) is 11.6. The van der Waals surface area contributed by atoms with Crippen LogP contribution in [0.1, 0.15) is 91.9 Å². The average Bonchev–Trinajstić information content (AvgIpc) is 2.89. The van der Waals surface area contributed by atoms with E-state index in [1.807, 2.05) is 0 Å². The van der Waals surface area contributed by atoms with Crippen LogP contribution in [0.4, 0.5) is 0 Å². The molecular weight excluding hydrogens is 547 g/mol. The van der Waals surface area contributed by atoms with Gasteiger partial charge in [0.05, 0.1) is 0 Å². The largest absolute Gasteiger partial charge is 0.455 e. The van der Waals surface area contributed by atoms with Crippen LogP contribution in [0.15, 0.2) is 0 Å². The molecule has 0 aromatic rings. The van der Waals surface area contributed by atoms with Crippen LogP contribution >= 0.6 is 7.75 Å². The van der Waals surface area contributed by atoms with Crippen molar-refractivity contribution >= 4 is 31.6 Å². The van der Waals surface area contributed by atoms with Crippen molar-refractivity contribution in [1.29, 1.82) is 0 Å². The van der Waals surface area contributed by atoms with Gasteiger partial charge in [0.25, 0.3) is 5.91 Å². The molecule has 1 saturated heterocycles. The molecule has 1 fully saturated rings. The van der Waals surface area contributed by atoms with Crippen molar-refractivity contribution in [1.82, 2.24) is 10.4 Å². The number of carbonyl (C=O) groups is 4. The Balaban J connectivity index is 2.96. The number of hydrogen-bond donors (Lipinski definition) is 2. The summed E-state index contributed by atoms with van der Waals surface area (Å²) in [5.41, 5.74) is 0. The number of unbranched alkanes of at least 4 members (excludes halogenated alkanes) is 9. The van der Waals surface area contributed by atoms with Crippen molar-refractivity contribution in [3.63, 3.8) is 0 Å². The summed E-state index contributed by atoms with van der Waals surface area (Å²) in [5, 5.41) is 5.22. The third kappa shape index (κ3) is 13.1. The van der Waals surface area contributed by atoms with E-state index in [0.29, 0.717) is 6.54 Å². The Morgan fingerprint density at radius 2 is 1.15 bits per heavy atom. The molecule has 13 nitrogen and oxygen atoms in total. The average molecular weight is 595 g/mol. The molecule has 1 rings (SSSR count). The smallest absolute Gasteiger partial charge is 0.407 e. The minimum Gasteiger partial charge on any atom is -0.455 e. The molecule has 232 valence electrons. The molecule has 0 aromatic heterocycles. The molecule has 0 aromatic carbocycles. The van der Waals surface area contributed by atoms with E-state index in [0.717, 1.165) is 60.7 Å². The van der Waals surface area contributed by atoms with Gasteiger partial charge in [-0.3, -0.25) is 19.2 Å². The third-order valence-corrected chi connectivity index (χ3v) is 7.83. The van der Waals surface area contributed by atoms with Gasteiger partial charge in [0.2, 0.25) is 0 Å². The van der Waals surface area contributed by atoms with Crippen molar-refractivity contribution in [2.75, 3.05) is 20.8 Å². The molecule has 1 aliphatic rings. The summed E-state index contributed by atoms with van der Waals surface area (Å²) in [6.07, 6.45) is 3.88. The van der Waals surface area contributed by atoms with E-state index in [2.05, 4.69) is 17.3 Å². The van der Waals surface area contributed by atoms with Gasteiger partial charge in [0.15, 0.2) is 30.6 Å². The third-order valence-electron chi connectivity index (χ3n) is 6.30. The number of carbonyl (C=O) groups excluding carboxylic acids is 4. The second-order valence-electron chi connectivity index (χ2n) is 9.66. The number of esters is 3. The Labute approximate surface area is 237 Å². The SMILES string of the molecule is CCCCCCCCCCCCNC(=O)[C@H]1OC(NP(=O)(OC)OC)[C@H](OC(C)=O)[C@@H](OC(C)=O)[C@@H]1OC(C)=O. The van der Waals surface area contributed by atoms with Crippen molar-refractivity contribution in [2.24, 2.45) is 0 Å². The Morgan fingerprint density at radius 1 is 0.700 bits per heavy atom. The Morgan fingerprint density at radius 3 is 1.62 bits per heavy atom. The van der Waals surface area contributed by atoms with Gasteiger partial charge < -0.3 is 33.3 Å². The molecular formula is C26H47N2O11P. The molecule has 0 radical (unpaired) electrons. The minimum absolute atomic E-state index is 0.334. The summed E-state index contributed by atoms with van der Waals surface area (Å²) >= 11 is 0. The fourth-order valence-electron chi connectivity index (χ4n) is 4.39. The summed E-state index contributed by atoms with van der Waals surface area (Å²) < 4.78 is 44.5. The lowest BCUT2D eigenvalue weighted by molar-refractivity contribution is -0.246. The van der Waals surface area contributed by atoms with Gasteiger partial charge in [-0.2, -0.15) is 5.09 Å². The summed E-state index contributed by atoms with van der Waals surface area (Å²) in [6, 6.07) is 0. The van der Waals surface area contributed by atoms with Gasteiger partial charge in [-0.15, -0.1) is 0 Å². The zero-order valence-corrected chi connectivity index (χ0v) is 25.5. The maximum Gasteiger partial charge on any atom is 0.407 e. The lowest BCUT2D eigenvalue weighted by Crippen LogP contribution is -2.67. The van der Waals surface area contributed by atoms with E-state index in [9.17, 15) is 23.7 Å². The first kappa shape index (κ1) is 36.0. The molecule has 0 saturated carbocycles. The van der Waals surface area contributed by atoms with Crippen LogP contribution in [0.5, 0.6) is 0 Å². The Kier molecular flexibility index (Phi) is 17.2. The Bertz CT molecular complexity index is 849. The van der Waals surface area contributed by atoms with E-state index in [4.69, 9.17) is 28.0 Å². The predicted molar refractivity (Wildman–Crippen MR) is 145 cm³/mol. The van der Waals surface area contributed by atoms with Crippen LogP contribution in [0.3, 0.4) is 0 Å². The first-order valence-corrected chi connectivity index (χ1v) is 15.5. The summed E-state index contributed by atoms with van der Waals surface area (Å²) in [6.45, 7) is 5.84. The van der Waals surface area contributed by atoms with Crippen LogP contribution in [-0.2, 0) is 51.7 Å². The van der Waals surface area contributed by atoms with Gasteiger partial charge in [0.1, 0.15) is 0 Å². The standard InChI is InChI=1S/C26H47N2O11P/c1-7-8-9-10-11-12-13-14-15-16-17-27-25(32)23-21(36-18(2)29)22(37-19(3)30)24(38-20(4)31)26(39-23)28-40(33,34-5)35-6/h21-24,26H,7-17H2,1-6H3,(H,27,32)(H,28,33)/t21-,22-,23-,24+,26?/m0/s1. The number of hydrogen-bond acceptors (Lipinski definition) is 11. The highest BCUT2D eigenvalue weighted by Crippen LogP contribution is 2.44. The molecule has 0 spiro atoms. The van der Waals surface area contributed by atoms with Crippen LogP contribution in [0.25, 0.3) is 0 Å². The quantitative estimate of drug-likeness (QED) is 0.0969. The summed E-state index contributed by atoms with van der Waals surface area (Å²) in [4.78, 5) is 49.0. The van der Waals surface area contributed by atoms with Crippen molar-refractivity contribution < 1.29 is 51.7 Å². The first-order chi connectivity index (χ1) is 19.0. The number of ether oxygens (including phenoxy) is 4. The number of amides is 1. The zero-order valence-electron chi connectivity index (χ0n) is 24.6. The van der Waals surface area contributed by atoms with Crippen molar-refractivity contribution in [3.05, 3.63) is 0 Å². The summed E-state index contributed by atoms with van der Waals surface area (Å²) in [5.74, 6) is -3.04. The van der Waals surface area contributed by atoms with Gasteiger partial charge in [-0.25, -0.2) is 4.57 Å². The van der Waals surface area contributed by atoms with Crippen molar-refractivity contribution in [2.45, 2.75) is 123 Å². The lowest BCUT2D eigenvalue weighted by atomic mass is 9.96. The van der Waals surface area contributed by atoms with Crippen LogP contribution in [0.2, 0.25) is 0 Å². The molecule has 1 unspecified atom stereocenters. The minimum atomic E-state index is -3.99. The molecule has 1 amide bonds. The number of nitrogens with one attached hydrogen (secondary N) is 2. The first-order valence-electron chi connectivity index (χ1n) is 13.9. The maximum atomic E-state index is 13.2. The molecule has 0 bridgehead atoms. The molecule has 0 aliphatic carbocycles. The molecule has 1 heterocycles. The molecule has 5 atom stereocenters. The monoisotopic (exact) mass is 594 g/mol. The topological polar surface area (TPSA) is 165 Å². The maximum absolute atomic E-state index is 13.2. The highest BCUT2D eigenvalue weighted by atomic mass is 31.2. The van der Waals surface area contributed by atoms with Crippen molar-refractivity contribution in [3.8, 4) is 0 Å². The van der Waals surface area contributed by atoms with E-state index in [1.165, 1.54) is 38.5 Å². The highest BCUT2D eigenvalue weighted by molar-refractivity contribution is 7.51. The number of rotatable bonds is 19. The van der Waals surface area contributed by atoms with Crippen LogP contribution < -0.4 is 10.4 Å². The van der Waals surface area contributed by atoms with Gasteiger partial charge in [0, 0.05) is 41.5 Å². The zero-order chi connectivity index (χ0) is 30.1. The fraction of sp³-hybridized carbons (Fsp3) is 0.846. The predicted octanol–water partition coefficient (Wildman–Crippen LogP) is 3.53. The van der Waals surface area contributed by atoms with Gasteiger partial charge in [-0.1, -0.05) is 64.7 Å². The van der Waals surface area contributed by atoms with Crippen LogP contribution in [0, 0.1) is 0 Å². The van der Waals surface area contributed by atoms with E-state index < -0.39 is 62.2 Å². The highest BCUT2D eigenvalue weighted by Gasteiger charge is 2.55. The van der Waals surface area contributed by atoms with Gasteiger partial charge in [-0.05, 0) is 6.42 Å². The lowest BCUT2D eigenvalue weighted by Gasteiger charge is -2.44. The molecule has 40 heavy (non-hydrogen) atoms. The molecule has 2 N–H and O–H groups in total. The normalized spacial score (nSPS) is 22.8. The summed E-state index contributed by atoms with van der Waals surface area (Å²) in [7, 11) is -1.76. The second kappa shape index (κ2) is 19.1. The van der Waals surface area contributed by atoms with E-state index >= 15 is 0 Å². The molecule has 1 aliphatic heterocycles.